The van der Waals surface area contributed by atoms with E-state index >= 15 is 0 Å². The van der Waals surface area contributed by atoms with E-state index in [9.17, 15) is 8.78 Å². The number of thiocarbonyl (C=S) groups is 1. The van der Waals surface area contributed by atoms with Crippen LogP contribution in [-0.2, 0) is 0 Å². The molecule has 2 unspecified atom stereocenters. The number of hydrazine groups is 1. The van der Waals surface area contributed by atoms with Gasteiger partial charge < -0.3 is 11.2 Å². The number of halogens is 2. The van der Waals surface area contributed by atoms with Gasteiger partial charge in [-0.2, -0.15) is 0 Å². The summed E-state index contributed by atoms with van der Waals surface area (Å²) < 4.78 is 28.1. The average Bonchev–Trinajstić information content (AvgIpc) is 2.36. The van der Waals surface area contributed by atoms with Crippen LogP contribution in [-0.4, -0.2) is 22.1 Å². The number of nitrogens with two attached hydrogens (primary N) is 1. The van der Waals surface area contributed by atoms with E-state index in [4.69, 9.17) is 18.0 Å². The summed E-state index contributed by atoms with van der Waals surface area (Å²) >= 11 is 4.74. The summed E-state index contributed by atoms with van der Waals surface area (Å²) in [6.45, 7) is 4.09. The molecule has 0 amide bonds. The number of piperidine rings is 1. The van der Waals surface area contributed by atoms with Crippen LogP contribution in [0.1, 0.15) is 38.7 Å². The molecule has 0 aliphatic carbocycles. The Morgan fingerprint density at radius 2 is 1.75 bits per heavy atom. The van der Waals surface area contributed by atoms with Gasteiger partial charge in [0.2, 0.25) is 0 Å². The third kappa shape index (κ3) is 3.07. The van der Waals surface area contributed by atoms with E-state index in [-0.39, 0.29) is 28.3 Å². The molecular formula is C14H19F2N3S. The molecule has 0 bridgehead atoms. The molecule has 110 valence electrons. The second-order valence-electron chi connectivity index (χ2n) is 5.33. The predicted octanol–water partition coefficient (Wildman–Crippen LogP) is 3.19. The maximum absolute atomic E-state index is 14.0. The van der Waals surface area contributed by atoms with Crippen molar-refractivity contribution < 1.29 is 8.78 Å². The lowest BCUT2D eigenvalue weighted by atomic mass is 10.00. The van der Waals surface area contributed by atoms with Gasteiger partial charge in [0.1, 0.15) is 10.7 Å². The summed E-state index contributed by atoms with van der Waals surface area (Å²) in [6.07, 6.45) is 3.14. The molecule has 1 saturated heterocycles. The minimum atomic E-state index is -0.683. The summed E-state index contributed by atoms with van der Waals surface area (Å²) in [5.74, 6) is -1.37. The summed E-state index contributed by atoms with van der Waals surface area (Å²) in [5.41, 5.74) is 8.33. The summed E-state index contributed by atoms with van der Waals surface area (Å²) in [4.78, 5) is -0.0194. The van der Waals surface area contributed by atoms with Crippen molar-refractivity contribution in [2.24, 2.45) is 5.73 Å². The number of nitrogens with one attached hydrogen (secondary N) is 1. The molecule has 1 aliphatic rings. The Hall–Kier alpha value is -1.27. The van der Waals surface area contributed by atoms with Crippen molar-refractivity contribution in [1.82, 2.24) is 5.01 Å². The van der Waals surface area contributed by atoms with Gasteiger partial charge in [-0.3, -0.25) is 0 Å². The molecule has 1 aromatic carbocycles. The first-order valence-corrected chi connectivity index (χ1v) is 7.14. The lowest BCUT2D eigenvalue weighted by Crippen LogP contribution is -2.47. The molecule has 3 N–H and O–H groups in total. The molecule has 0 saturated carbocycles. The van der Waals surface area contributed by atoms with Crippen LogP contribution in [0.2, 0.25) is 0 Å². The third-order valence-corrected chi connectivity index (χ3v) is 4.00. The van der Waals surface area contributed by atoms with Gasteiger partial charge >= 0.3 is 0 Å². The second-order valence-corrected chi connectivity index (χ2v) is 5.77. The normalized spacial score (nSPS) is 23.6. The van der Waals surface area contributed by atoms with Gasteiger partial charge in [-0.1, -0.05) is 18.6 Å². The molecule has 20 heavy (non-hydrogen) atoms. The van der Waals surface area contributed by atoms with E-state index in [0.29, 0.717) is 0 Å². The lowest BCUT2D eigenvalue weighted by Gasteiger charge is -2.39. The zero-order valence-corrected chi connectivity index (χ0v) is 12.4. The van der Waals surface area contributed by atoms with Gasteiger partial charge in [-0.15, -0.1) is 0 Å². The van der Waals surface area contributed by atoms with E-state index in [0.717, 1.165) is 31.4 Å². The fourth-order valence-corrected chi connectivity index (χ4v) is 2.71. The highest BCUT2D eigenvalue weighted by atomic mass is 32.1. The van der Waals surface area contributed by atoms with Crippen molar-refractivity contribution >= 4 is 22.9 Å². The van der Waals surface area contributed by atoms with Crippen LogP contribution in [0.3, 0.4) is 0 Å². The molecule has 1 fully saturated rings. The zero-order valence-electron chi connectivity index (χ0n) is 11.6. The van der Waals surface area contributed by atoms with E-state index < -0.39 is 11.6 Å². The van der Waals surface area contributed by atoms with Crippen LogP contribution in [0.5, 0.6) is 0 Å². The van der Waals surface area contributed by atoms with Gasteiger partial charge in [-0.05, 0) is 38.8 Å². The number of benzene rings is 1. The Bertz CT molecular complexity index is 488. The largest absolute Gasteiger partial charge is 0.389 e. The molecule has 2 atom stereocenters. The average molecular weight is 299 g/mol. The van der Waals surface area contributed by atoms with Crippen molar-refractivity contribution in [2.45, 2.75) is 45.2 Å². The molecule has 0 radical (unpaired) electrons. The molecule has 2 rings (SSSR count). The zero-order chi connectivity index (χ0) is 14.9. The quantitative estimate of drug-likeness (QED) is 0.841. The van der Waals surface area contributed by atoms with Gasteiger partial charge in [-0.25, -0.2) is 13.8 Å². The SMILES string of the molecule is CC1CCCC(C)N1Nc1c(F)cc(C(N)=S)cc1F. The minimum Gasteiger partial charge on any atom is -0.389 e. The maximum Gasteiger partial charge on any atom is 0.151 e. The molecule has 6 heteroatoms. The molecule has 1 aliphatic heterocycles. The fourth-order valence-electron chi connectivity index (χ4n) is 2.59. The minimum absolute atomic E-state index is 0.0194. The molecule has 0 aromatic heterocycles. The van der Waals surface area contributed by atoms with Gasteiger partial charge in [0.25, 0.3) is 0 Å². The molecule has 1 heterocycles. The van der Waals surface area contributed by atoms with Gasteiger partial charge in [0.15, 0.2) is 11.6 Å². The molecule has 0 spiro atoms. The lowest BCUT2D eigenvalue weighted by molar-refractivity contribution is 0.134. The molecule has 1 aromatic rings. The van der Waals surface area contributed by atoms with Gasteiger partial charge in [0.05, 0.1) is 0 Å². The molecular weight excluding hydrogens is 280 g/mol. The fraction of sp³-hybridized carbons (Fsp3) is 0.500. The summed E-state index contributed by atoms with van der Waals surface area (Å²) in [6, 6.07) is 2.78. The number of rotatable bonds is 3. The first kappa shape index (κ1) is 15.1. The number of hydrogen-bond donors (Lipinski definition) is 2. The Kier molecular flexibility index (Phi) is 4.55. The highest BCUT2D eigenvalue weighted by Crippen LogP contribution is 2.27. The second kappa shape index (κ2) is 6.01. The smallest absolute Gasteiger partial charge is 0.151 e. The summed E-state index contributed by atoms with van der Waals surface area (Å²) in [7, 11) is 0. The highest BCUT2D eigenvalue weighted by molar-refractivity contribution is 7.80. The predicted molar refractivity (Wildman–Crippen MR) is 80.5 cm³/mol. The first-order valence-electron chi connectivity index (χ1n) is 6.74. The monoisotopic (exact) mass is 299 g/mol. The van der Waals surface area contributed by atoms with Crippen molar-refractivity contribution in [3.63, 3.8) is 0 Å². The van der Waals surface area contributed by atoms with Gasteiger partial charge in [0, 0.05) is 17.6 Å². The van der Waals surface area contributed by atoms with Crippen LogP contribution in [0.4, 0.5) is 14.5 Å². The van der Waals surface area contributed by atoms with Crippen molar-refractivity contribution in [3.05, 3.63) is 29.3 Å². The third-order valence-electron chi connectivity index (χ3n) is 3.76. The van der Waals surface area contributed by atoms with E-state index in [2.05, 4.69) is 5.43 Å². The standard InChI is InChI=1S/C14H19F2N3S/c1-8-4-3-5-9(2)19(8)18-13-11(15)6-10(14(17)20)7-12(13)16/h6-9,18H,3-5H2,1-2H3,(H2,17,20). The van der Waals surface area contributed by atoms with E-state index in [1.165, 1.54) is 0 Å². The Labute approximate surface area is 123 Å². The van der Waals surface area contributed by atoms with E-state index in [1.54, 1.807) is 0 Å². The maximum atomic E-state index is 14.0. The van der Waals surface area contributed by atoms with Crippen molar-refractivity contribution in [3.8, 4) is 0 Å². The topological polar surface area (TPSA) is 41.3 Å². The van der Waals surface area contributed by atoms with Crippen LogP contribution in [0, 0.1) is 11.6 Å². The van der Waals surface area contributed by atoms with Crippen LogP contribution < -0.4 is 11.2 Å². The Morgan fingerprint density at radius 3 is 2.20 bits per heavy atom. The molecule has 3 nitrogen and oxygen atoms in total. The number of hydrogen-bond acceptors (Lipinski definition) is 3. The number of anilines is 1. The van der Waals surface area contributed by atoms with Crippen LogP contribution >= 0.6 is 12.2 Å². The highest BCUT2D eigenvalue weighted by Gasteiger charge is 2.26. The Balaban J connectivity index is 2.27. The first-order chi connectivity index (χ1) is 9.40. The van der Waals surface area contributed by atoms with Crippen LogP contribution in [0.25, 0.3) is 0 Å². The summed E-state index contributed by atoms with van der Waals surface area (Å²) in [5, 5.41) is 1.91. The number of nitrogens with zero attached hydrogens (tertiary/aromatic N) is 1. The Morgan fingerprint density at radius 1 is 1.25 bits per heavy atom. The van der Waals surface area contributed by atoms with Crippen molar-refractivity contribution in [2.75, 3.05) is 5.43 Å². The van der Waals surface area contributed by atoms with Crippen molar-refractivity contribution in [1.29, 1.82) is 0 Å². The van der Waals surface area contributed by atoms with E-state index in [1.807, 2.05) is 18.9 Å². The van der Waals surface area contributed by atoms with Crippen LogP contribution in [0.15, 0.2) is 12.1 Å².